The smallest absolute Gasteiger partial charge is 0.193 e. The van der Waals surface area contributed by atoms with E-state index < -0.39 is 0 Å². The van der Waals surface area contributed by atoms with Gasteiger partial charge in [-0.2, -0.15) is 0 Å². The van der Waals surface area contributed by atoms with Crippen molar-refractivity contribution in [3.05, 3.63) is 60.1 Å². The molecule has 1 unspecified atom stereocenters. The van der Waals surface area contributed by atoms with Gasteiger partial charge in [0.05, 0.1) is 6.26 Å². The summed E-state index contributed by atoms with van der Waals surface area (Å²) >= 11 is 0. The molecule has 1 saturated heterocycles. The summed E-state index contributed by atoms with van der Waals surface area (Å²) in [5.74, 6) is 2.75. The largest absolute Gasteiger partial charge is 0.469 e. The maximum Gasteiger partial charge on any atom is 0.193 e. The number of aliphatic imine (C=N–C) groups is 1. The molecule has 1 aromatic heterocycles. The van der Waals surface area contributed by atoms with E-state index in [0.717, 1.165) is 50.7 Å². The van der Waals surface area contributed by atoms with Gasteiger partial charge in [0.25, 0.3) is 0 Å². The molecule has 0 saturated carbocycles. The quantitative estimate of drug-likeness (QED) is 0.654. The predicted molar refractivity (Wildman–Crippen MR) is 98.2 cm³/mol. The Bertz CT molecular complexity index is 622. The van der Waals surface area contributed by atoms with E-state index in [4.69, 9.17) is 9.41 Å². The van der Waals surface area contributed by atoms with Gasteiger partial charge in [-0.05, 0) is 43.4 Å². The summed E-state index contributed by atoms with van der Waals surface area (Å²) in [4.78, 5) is 7.19. The van der Waals surface area contributed by atoms with Crippen molar-refractivity contribution in [3.8, 4) is 0 Å². The zero-order valence-corrected chi connectivity index (χ0v) is 14.4. The number of hydrogen-bond donors (Lipinski definition) is 1. The second-order valence-corrected chi connectivity index (χ2v) is 6.36. The van der Waals surface area contributed by atoms with Gasteiger partial charge < -0.3 is 14.6 Å². The van der Waals surface area contributed by atoms with Crippen LogP contribution in [0.5, 0.6) is 0 Å². The molecular formula is C20H27N3O. The lowest BCUT2D eigenvalue weighted by Crippen LogP contribution is -2.40. The van der Waals surface area contributed by atoms with E-state index in [-0.39, 0.29) is 0 Å². The summed E-state index contributed by atoms with van der Waals surface area (Å²) in [6, 6.07) is 14.7. The first-order valence-corrected chi connectivity index (χ1v) is 8.94. The highest BCUT2D eigenvalue weighted by Gasteiger charge is 2.24. The van der Waals surface area contributed by atoms with Gasteiger partial charge in [-0.25, -0.2) is 0 Å². The van der Waals surface area contributed by atoms with Crippen LogP contribution in [0.3, 0.4) is 0 Å². The molecule has 0 spiro atoms. The Hall–Kier alpha value is -2.23. The van der Waals surface area contributed by atoms with E-state index in [1.807, 2.05) is 12.1 Å². The van der Waals surface area contributed by atoms with Gasteiger partial charge >= 0.3 is 0 Å². The summed E-state index contributed by atoms with van der Waals surface area (Å²) in [5.41, 5.74) is 1.43. The summed E-state index contributed by atoms with van der Waals surface area (Å²) < 4.78 is 5.38. The predicted octanol–water partition coefficient (Wildman–Crippen LogP) is 3.35. The first-order valence-electron chi connectivity index (χ1n) is 8.94. The Morgan fingerprint density at radius 2 is 2.12 bits per heavy atom. The van der Waals surface area contributed by atoms with Gasteiger partial charge in [0.15, 0.2) is 5.96 Å². The molecule has 128 valence electrons. The number of guanidine groups is 1. The molecule has 24 heavy (non-hydrogen) atoms. The lowest BCUT2D eigenvalue weighted by atomic mass is 9.99. The fourth-order valence-corrected chi connectivity index (χ4v) is 3.29. The minimum Gasteiger partial charge on any atom is -0.469 e. The van der Waals surface area contributed by atoms with E-state index in [0.29, 0.717) is 5.92 Å². The molecule has 4 nitrogen and oxygen atoms in total. The maximum absolute atomic E-state index is 5.38. The Morgan fingerprint density at radius 1 is 1.25 bits per heavy atom. The molecule has 1 aliphatic rings. The highest BCUT2D eigenvalue weighted by Crippen LogP contribution is 2.21. The van der Waals surface area contributed by atoms with Crippen molar-refractivity contribution in [1.29, 1.82) is 0 Å². The Balaban J connectivity index is 1.54. The van der Waals surface area contributed by atoms with Crippen LogP contribution in [0.2, 0.25) is 0 Å². The molecule has 1 fully saturated rings. The first kappa shape index (κ1) is 16.6. The van der Waals surface area contributed by atoms with E-state index in [1.54, 1.807) is 6.26 Å². The van der Waals surface area contributed by atoms with Crippen molar-refractivity contribution in [3.63, 3.8) is 0 Å². The average molecular weight is 325 g/mol. The topological polar surface area (TPSA) is 40.8 Å². The van der Waals surface area contributed by atoms with Gasteiger partial charge in [0, 0.05) is 32.6 Å². The molecule has 3 rings (SSSR count). The normalized spacial score (nSPS) is 18.1. The second kappa shape index (κ2) is 8.57. The van der Waals surface area contributed by atoms with E-state index in [9.17, 15) is 0 Å². The van der Waals surface area contributed by atoms with Crippen molar-refractivity contribution in [1.82, 2.24) is 10.2 Å². The minimum absolute atomic E-state index is 0.710. The Kier molecular flexibility index (Phi) is 5.94. The molecule has 4 heteroatoms. The van der Waals surface area contributed by atoms with Gasteiger partial charge in [-0.15, -0.1) is 0 Å². The summed E-state index contributed by atoms with van der Waals surface area (Å²) in [5, 5.41) is 3.43. The molecule has 2 aromatic rings. The molecule has 1 aromatic carbocycles. The van der Waals surface area contributed by atoms with Crippen molar-refractivity contribution < 1.29 is 4.42 Å². The highest BCUT2D eigenvalue weighted by atomic mass is 16.3. The summed E-state index contributed by atoms with van der Waals surface area (Å²) in [7, 11) is 0. The maximum atomic E-state index is 5.38. The van der Waals surface area contributed by atoms with Crippen LogP contribution in [0.1, 0.15) is 24.7 Å². The van der Waals surface area contributed by atoms with Crippen LogP contribution >= 0.6 is 0 Å². The van der Waals surface area contributed by atoms with Crippen LogP contribution in [0, 0.1) is 5.92 Å². The number of nitrogens with zero attached hydrogens (tertiary/aromatic N) is 2. The van der Waals surface area contributed by atoms with Gasteiger partial charge in [-0.1, -0.05) is 30.3 Å². The number of rotatable bonds is 6. The highest BCUT2D eigenvalue weighted by molar-refractivity contribution is 5.80. The van der Waals surface area contributed by atoms with Gasteiger partial charge in [0.2, 0.25) is 0 Å². The molecule has 1 atom stereocenters. The number of benzene rings is 1. The molecule has 1 aliphatic heterocycles. The lowest BCUT2D eigenvalue weighted by molar-refractivity contribution is 0.458. The summed E-state index contributed by atoms with van der Waals surface area (Å²) in [6.45, 7) is 5.96. The number of hydrogen-bond acceptors (Lipinski definition) is 2. The minimum atomic E-state index is 0.710. The third-order valence-electron chi connectivity index (χ3n) is 4.49. The van der Waals surface area contributed by atoms with Gasteiger partial charge in [-0.3, -0.25) is 4.99 Å². The molecule has 0 bridgehead atoms. The fourth-order valence-electron chi connectivity index (χ4n) is 3.29. The van der Waals surface area contributed by atoms with Crippen LogP contribution in [0.15, 0.2) is 58.1 Å². The monoisotopic (exact) mass is 325 g/mol. The standard InChI is InChI=1S/C20H27N3O/c1-2-21-20(22-12-10-19-9-6-14-24-19)23-13-11-18(16-23)15-17-7-4-3-5-8-17/h3-9,14,18H,2,10-13,15-16H2,1H3,(H,21,22). The molecule has 1 N–H and O–H groups in total. The van der Waals surface area contributed by atoms with E-state index >= 15 is 0 Å². The molecule has 0 radical (unpaired) electrons. The Morgan fingerprint density at radius 3 is 2.88 bits per heavy atom. The first-order chi connectivity index (χ1) is 11.8. The number of nitrogens with one attached hydrogen (secondary N) is 1. The van der Waals surface area contributed by atoms with E-state index in [1.165, 1.54) is 12.0 Å². The third kappa shape index (κ3) is 4.63. The van der Waals surface area contributed by atoms with Crippen LogP contribution < -0.4 is 5.32 Å². The second-order valence-electron chi connectivity index (χ2n) is 6.36. The summed E-state index contributed by atoms with van der Waals surface area (Å²) in [6.07, 6.45) is 4.96. The van der Waals surface area contributed by atoms with Crippen LogP contribution in [-0.2, 0) is 12.8 Å². The van der Waals surface area contributed by atoms with Crippen LogP contribution in [-0.4, -0.2) is 37.0 Å². The molecule has 0 amide bonds. The van der Waals surface area contributed by atoms with Crippen LogP contribution in [0.25, 0.3) is 0 Å². The van der Waals surface area contributed by atoms with Crippen LogP contribution in [0.4, 0.5) is 0 Å². The number of furan rings is 1. The fraction of sp³-hybridized carbons (Fsp3) is 0.450. The van der Waals surface area contributed by atoms with E-state index in [2.05, 4.69) is 47.5 Å². The van der Waals surface area contributed by atoms with Crippen molar-refractivity contribution >= 4 is 5.96 Å². The molecular weight excluding hydrogens is 298 g/mol. The third-order valence-corrected chi connectivity index (χ3v) is 4.49. The average Bonchev–Trinajstić information content (AvgIpc) is 3.27. The van der Waals surface area contributed by atoms with Crippen molar-refractivity contribution in [2.75, 3.05) is 26.2 Å². The SMILES string of the molecule is CCNC(=NCCc1ccco1)N1CCC(Cc2ccccc2)C1. The zero-order valence-electron chi connectivity index (χ0n) is 14.4. The van der Waals surface area contributed by atoms with Crippen molar-refractivity contribution in [2.45, 2.75) is 26.2 Å². The number of likely N-dealkylation sites (tertiary alicyclic amines) is 1. The zero-order chi connectivity index (χ0) is 16.6. The Labute approximate surface area is 144 Å². The molecule has 0 aliphatic carbocycles. The van der Waals surface area contributed by atoms with Crippen molar-refractivity contribution in [2.24, 2.45) is 10.9 Å². The van der Waals surface area contributed by atoms with Gasteiger partial charge in [0.1, 0.15) is 5.76 Å². The lowest BCUT2D eigenvalue weighted by Gasteiger charge is -2.21. The molecule has 2 heterocycles.